The molecule has 0 saturated carbocycles. The van der Waals surface area contributed by atoms with E-state index in [4.69, 9.17) is 9.47 Å². The summed E-state index contributed by atoms with van der Waals surface area (Å²) in [6.07, 6.45) is 0.172. The summed E-state index contributed by atoms with van der Waals surface area (Å²) >= 11 is 0. The predicted octanol–water partition coefficient (Wildman–Crippen LogP) is 1.89. The number of likely N-dealkylation sites (N-methyl/N-ethyl adjacent to an activating group) is 1. The lowest BCUT2D eigenvalue weighted by molar-refractivity contribution is -0.0403. The van der Waals surface area contributed by atoms with E-state index in [1.807, 2.05) is 12.1 Å². The third-order valence-electron chi connectivity index (χ3n) is 3.39. The molecule has 0 aliphatic carbocycles. The van der Waals surface area contributed by atoms with Crippen molar-refractivity contribution in [1.29, 1.82) is 0 Å². The van der Waals surface area contributed by atoms with Crippen molar-refractivity contribution >= 4 is 0 Å². The molecular weight excluding hydrogens is 252 g/mol. The minimum absolute atomic E-state index is 0.172. The van der Waals surface area contributed by atoms with Crippen LogP contribution in [0, 0.1) is 0 Å². The van der Waals surface area contributed by atoms with Gasteiger partial charge in [0, 0.05) is 25.7 Å². The van der Waals surface area contributed by atoms with E-state index in [-0.39, 0.29) is 6.10 Å². The molecule has 1 heterocycles. The summed E-state index contributed by atoms with van der Waals surface area (Å²) in [5.41, 5.74) is 1.25. The molecule has 1 fully saturated rings. The number of rotatable bonds is 6. The summed E-state index contributed by atoms with van der Waals surface area (Å²) in [7, 11) is 2.12. The first kappa shape index (κ1) is 15.3. The molecule has 0 amide bonds. The molecule has 112 valence electrons. The van der Waals surface area contributed by atoms with Crippen LogP contribution in [0.3, 0.4) is 0 Å². The Kier molecular flexibility index (Phi) is 5.83. The van der Waals surface area contributed by atoms with Crippen LogP contribution >= 0.6 is 0 Å². The van der Waals surface area contributed by atoms with Gasteiger partial charge in [-0.15, -0.1) is 0 Å². The number of benzene rings is 1. The Labute approximate surface area is 122 Å². The van der Waals surface area contributed by atoms with Gasteiger partial charge in [-0.1, -0.05) is 26.0 Å². The smallest absolute Gasteiger partial charge is 0.119 e. The average Bonchev–Trinajstić information content (AvgIpc) is 2.43. The van der Waals surface area contributed by atoms with E-state index in [1.165, 1.54) is 5.56 Å². The molecule has 0 aromatic heterocycles. The van der Waals surface area contributed by atoms with Gasteiger partial charge in [0.25, 0.3) is 0 Å². The Balaban J connectivity index is 1.81. The number of hydrogen-bond donors (Lipinski definition) is 1. The molecule has 1 saturated heterocycles. The summed E-state index contributed by atoms with van der Waals surface area (Å²) in [4.78, 5) is 2.28. The third kappa shape index (κ3) is 5.12. The molecule has 20 heavy (non-hydrogen) atoms. The van der Waals surface area contributed by atoms with Gasteiger partial charge in [-0.3, -0.25) is 0 Å². The Hall–Kier alpha value is -1.10. The maximum atomic E-state index is 5.86. The van der Waals surface area contributed by atoms with Crippen molar-refractivity contribution in [1.82, 2.24) is 10.2 Å². The fourth-order valence-corrected chi connectivity index (χ4v) is 2.22. The van der Waals surface area contributed by atoms with Crippen LogP contribution in [0.2, 0.25) is 0 Å². The van der Waals surface area contributed by atoms with Gasteiger partial charge in [-0.2, -0.15) is 0 Å². The number of nitrogens with one attached hydrogen (secondary N) is 1. The van der Waals surface area contributed by atoms with E-state index < -0.39 is 0 Å². The summed E-state index contributed by atoms with van der Waals surface area (Å²) in [5.74, 6) is 0.921. The Morgan fingerprint density at radius 3 is 3.05 bits per heavy atom. The lowest BCUT2D eigenvalue weighted by Crippen LogP contribution is -2.42. The SMILES string of the molecule is CC(C)NCc1cccc(OCC2CN(C)CCO2)c1. The van der Waals surface area contributed by atoms with Crippen LogP contribution in [-0.4, -0.2) is 50.4 Å². The lowest BCUT2D eigenvalue weighted by atomic mass is 10.2. The second-order valence-electron chi connectivity index (χ2n) is 5.75. The molecule has 1 atom stereocenters. The van der Waals surface area contributed by atoms with Crippen LogP contribution in [0.1, 0.15) is 19.4 Å². The van der Waals surface area contributed by atoms with E-state index >= 15 is 0 Å². The quantitative estimate of drug-likeness (QED) is 0.861. The highest BCUT2D eigenvalue weighted by molar-refractivity contribution is 5.28. The maximum absolute atomic E-state index is 5.86. The van der Waals surface area contributed by atoms with E-state index in [2.05, 4.69) is 43.2 Å². The van der Waals surface area contributed by atoms with Crippen LogP contribution in [-0.2, 0) is 11.3 Å². The summed E-state index contributed by atoms with van der Waals surface area (Å²) in [6.45, 7) is 8.53. The molecule has 1 aromatic carbocycles. The zero-order chi connectivity index (χ0) is 14.4. The van der Waals surface area contributed by atoms with Gasteiger partial charge in [-0.25, -0.2) is 0 Å². The predicted molar refractivity (Wildman–Crippen MR) is 81.1 cm³/mol. The monoisotopic (exact) mass is 278 g/mol. The summed E-state index contributed by atoms with van der Waals surface area (Å²) < 4.78 is 11.6. The highest BCUT2D eigenvalue weighted by Gasteiger charge is 2.18. The van der Waals surface area contributed by atoms with Crippen LogP contribution < -0.4 is 10.1 Å². The number of nitrogens with zero attached hydrogens (tertiary/aromatic N) is 1. The molecule has 1 N–H and O–H groups in total. The van der Waals surface area contributed by atoms with Crippen molar-refractivity contribution in [3.63, 3.8) is 0 Å². The van der Waals surface area contributed by atoms with Gasteiger partial charge in [0.15, 0.2) is 0 Å². The topological polar surface area (TPSA) is 33.7 Å². The van der Waals surface area contributed by atoms with Crippen LogP contribution in [0.4, 0.5) is 0 Å². The number of hydrogen-bond acceptors (Lipinski definition) is 4. The zero-order valence-corrected chi connectivity index (χ0v) is 12.8. The molecular formula is C16H26N2O2. The molecule has 0 bridgehead atoms. The molecule has 2 rings (SSSR count). The summed E-state index contributed by atoms with van der Waals surface area (Å²) in [6, 6.07) is 8.76. The fraction of sp³-hybridized carbons (Fsp3) is 0.625. The van der Waals surface area contributed by atoms with Crippen LogP contribution in [0.15, 0.2) is 24.3 Å². The third-order valence-corrected chi connectivity index (χ3v) is 3.39. The van der Waals surface area contributed by atoms with Gasteiger partial charge in [-0.05, 0) is 24.7 Å². The van der Waals surface area contributed by atoms with Gasteiger partial charge >= 0.3 is 0 Å². The van der Waals surface area contributed by atoms with Crippen molar-refractivity contribution in [2.75, 3.05) is 33.4 Å². The average molecular weight is 278 g/mol. The largest absolute Gasteiger partial charge is 0.491 e. The molecule has 1 aliphatic rings. The Morgan fingerprint density at radius 2 is 2.30 bits per heavy atom. The molecule has 1 unspecified atom stereocenters. The van der Waals surface area contributed by atoms with E-state index in [1.54, 1.807) is 0 Å². The van der Waals surface area contributed by atoms with Crippen molar-refractivity contribution in [2.45, 2.75) is 32.5 Å². The first-order chi connectivity index (χ1) is 9.63. The number of ether oxygens (including phenoxy) is 2. The van der Waals surface area contributed by atoms with Crippen molar-refractivity contribution in [3.05, 3.63) is 29.8 Å². The van der Waals surface area contributed by atoms with Crippen LogP contribution in [0.25, 0.3) is 0 Å². The number of morpholine rings is 1. The fourth-order valence-electron chi connectivity index (χ4n) is 2.22. The minimum atomic E-state index is 0.172. The molecule has 0 spiro atoms. The molecule has 4 nitrogen and oxygen atoms in total. The van der Waals surface area contributed by atoms with Gasteiger partial charge in [0.2, 0.25) is 0 Å². The second-order valence-corrected chi connectivity index (χ2v) is 5.75. The van der Waals surface area contributed by atoms with E-state index in [9.17, 15) is 0 Å². The van der Waals surface area contributed by atoms with Crippen molar-refractivity contribution < 1.29 is 9.47 Å². The minimum Gasteiger partial charge on any atom is -0.491 e. The first-order valence-corrected chi connectivity index (χ1v) is 7.39. The normalized spacial score (nSPS) is 20.3. The molecule has 1 aromatic rings. The van der Waals surface area contributed by atoms with Gasteiger partial charge < -0.3 is 19.7 Å². The molecule has 0 radical (unpaired) electrons. The Bertz CT molecular complexity index is 409. The van der Waals surface area contributed by atoms with Crippen molar-refractivity contribution in [3.8, 4) is 5.75 Å². The summed E-state index contributed by atoms with van der Waals surface area (Å²) in [5, 5.41) is 3.41. The molecule has 1 aliphatic heterocycles. The highest BCUT2D eigenvalue weighted by atomic mass is 16.5. The van der Waals surface area contributed by atoms with Gasteiger partial charge in [0.1, 0.15) is 18.5 Å². The first-order valence-electron chi connectivity index (χ1n) is 7.39. The lowest BCUT2D eigenvalue weighted by Gasteiger charge is -2.29. The Morgan fingerprint density at radius 1 is 1.45 bits per heavy atom. The molecule has 4 heteroatoms. The van der Waals surface area contributed by atoms with E-state index in [0.29, 0.717) is 12.6 Å². The van der Waals surface area contributed by atoms with Crippen LogP contribution in [0.5, 0.6) is 5.75 Å². The van der Waals surface area contributed by atoms with E-state index in [0.717, 1.165) is 32.0 Å². The van der Waals surface area contributed by atoms with Crippen molar-refractivity contribution in [2.24, 2.45) is 0 Å². The highest BCUT2D eigenvalue weighted by Crippen LogP contribution is 2.15. The second kappa shape index (κ2) is 7.62. The standard InChI is InChI=1S/C16H26N2O2/c1-13(2)17-10-14-5-4-6-15(9-14)20-12-16-11-18(3)7-8-19-16/h4-6,9,13,16-17H,7-8,10-12H2,1-3H3. The maximum Gasteiger partial charge on any atom is 0.119 e. The zero-order valence-electron chi connectivity index (χ0n) is 12.8. The van der Waals surface area contributed by atoms with Gasteiger partial charge in [0.05, 0.1) is 6.61 Å².